The highest BCUT2D eigenvalue weighted by Crippen LogP contribution is 2.39. The van der Waals surface area contributed by atoms with Crippen LogP contribution in [0.15, 0.2) is 107 Å². The highest BCUT2D eigenvalue weighted by atomic mass is 35.5. The maximum absolute atomic E-state index is 13.4. The number of anilines is 4. The van der Waals surface area contributed by atoms with Gasteiger partial charge in [0.15, 0.2) is 11.4 Å². The number of carboxylic acids is 1. The number of carbonyl (C=O) groups is 2. The van der Waals surface area contributed by atoms with Crippen LogP contribution in [0.2, 0.25) is 30.1 Å². The molecule has 1 amide bonds. The molecule has 376 valence electrons. The zero-order valence-corrected chi connectivity index (χ0v) is 41.1. The number of carboxylic acid groups (broad SMARTS) is 1. The second-order valence-electron chi connectivity index (χ2n) is 14.2. The van der Waals surface area contributed by atoms with Crippen molar-refractivity contribution in [2.24, 2.45) is 0 Å². The molecule has 71 heavy (non-hydrogen) atoms. The number of hydrogen-bond acceptors (Lipinski definition) is 11. The van der Waals surface area contributed by atoms with Gasteiger partial charge in [-0.05, 0) is 84.9 Å². The zero-order chi connectivity index (χ0) is 52.2. The Labute approximate surface area is 428 Å². The summed E-state index contributed by atoms with van der Waals surface area (Å²) in [6.07, 6.45) is -7.64. The van der Waals surface area contributed by atoms with E-state index in [0.29, 0.717) is 28.6 Å². The van der Waals surface area contributed by atoms with Crippen LogP contribution in [-0.2, 0) is 32.4 Å². The number of nitrogens with one attached hydrogen (secondary N) is 3. The number of nitrogens with zero attached hydrogens (tertiary/aromatic N) is 3. The smallest absolute Gasteiger partial charge is 0.417 e. The quantitative estimate of drug-likeness (QED) is 0.105. The summed E-state index contributed by atoms with van der Waals surface area (Å²) in [5, 5.41) is 11.8. The summed E-state index contributed by atoms with van der Waals surface area (Å²) in [6, 6.07) is 16.4. The van der Waals surface area contributed by atoms with Gasteiger partial charge in [-0.3, -0.25) is 19.1 Å². The van der Waals surface area contributed by atoms with Gasteiger partial charge in [-0.2, -0.15) is 26.3 Å². The monoisotopic (exact) mass is 1150 g/mol. The molecule has 4 aromatic carbocycles. The lowest BCUT2D eigenvalue weighted by atomic mass is 10.2. The van der Waals surface area contributed by atoms with E-state index in [1.54, 1.807) is 12.1 Å². The number of fused-ring (bicyclic) bond motifs is 2. The molecule has 0 atom stereocenters. The molecule has 15 nitrogen and oxygen atoms in total. The minimum Gasteiger partial charge on any atom is -0.490 e. The molecule has 4 N–H and O–H groups in total. The average Bonchev–Trinajstić information content (AvgIpc) is 3.28. The molecule has 0 saturated heterocycles. The predicted octanol–water partition coefficient (Wildman–Crippen LogP) is 12.0. The van der Waals surface area contributed by atoms with E-state index < -0.39 is 86.6 Å². The Kier molecular flexibility index (Phi) is 16.9. The zero-order valence-electron chi connectivity index (χ0n) is 35.0. The van der Waals surface area contributed by atoms with E-state index in [1.165, 1.54) is 11.0 Å². The summed E-state index contributed by atoms with van der Waals surface area (Å²) in [5.74, 6) is -0.994. The molecule has 0 fully saturated rings. The number of ether oxygens (including phenoxy) is 2. The minimum atomic E-state index is -4.88. The number of benzene rings is 4. The summed E-state index contributed by atoms with van der Waals surface area (Å²) < 4.78 is 144. The fourth-order valence-electron chi connectivity index (χ4n) is 6.20. The van der Waals surface area contributed by atoms with Gasteiger partial charge in [-0.25, -0.2) is 31.6 Å². The largest absolute Gasteiger partial charge is 0.490 e. The Hall–Kier alpha value is -5.66. The van der Waals surface area contributed by atoms with Gasteiger partial charge in [0.25, 0.3) is 26.0 Å². The summed E-state index contributed by atoms with van der Waals surface area (Å²) in [5.41, 5.74) is -3.18. The summed E-state index contributed by atoms with van der Waals surface area (Å²) in [4.78, 5) is 31.7. The lowest BCUT2D eigenvalue weighted by Crippen LogP contribution is -2.38. The molecule has 2 aliphatic rings. The second-order valence-corrected chi connectivity index (χ2v) is 20.2. The van der Waals surface area contributed by atoms with Crippen LogP contribution < -0.4 is 29.1 Å². The van der Waals surface area contributed by atoms with Crippen molar-refractivity contribution in [1.82, 2.24) is 9.97 Å². The first-order chi connectivity index (χ1) is 33.1. The molecule has 4 heterocycles. The molecular formula is C42H28Cl6F6N6O9S2. The lowest BCUT2D eigenvalue weighted by Gasteiger charge is -2.30. The number of alkyl halides is 6. The van der Waals surface area contributed by atoms with Crippen molar-refractivity contribution in [2.75, 3.05) is 46.0 Å². The number of halogens is 12. The van der Waals surface area contributed by atoms with Gasteiger partial charge >= 0.3 is 18.3 Å². The lowest BCUT2D eigenvalue weighted by molar-refractivity contribution is -0.138. The van der Waals surface area contributed by atoms with Crippen LogP contribution in [0, 0.1) is 0 Å². The SMILES string of the molecule is Clc1ccc2c(c1)NCCO2.O=C(O)c1ncc(Cl)cc1NS(=O)(=O)c1ccc(Cl)c(C(F)(F)F)c1.O=C(c1ncc(Cl)cc1NS(=O)(=O)c1ccc(Cl)c(C(F)(F)F)c1)N1CCOc2ccc(Cl)cc21. The van der Waals surface area contributed by atoms with Crippen molar-refractivity contribution < 1.29 is 67.3 Å². The first-order valence-electron chi connectivity index (χ1n) is 19.4. The average molecular weight is 1150 g/mol. The van der Waals surface area contributed by atoms with Crippen molar-refractivity contribution in [3.63, 3.8) is 0 Å². The minimum absolute atomic E-state index is 0.0169. The molecule has 6 aromatic rings. The summed E-state index contributed by atoms with van der Waals surface area (Å²) >= 11 is 34.5. The standard InChI is InChI=1S/C21H13Cl3F3N3O4S.C13H7Cl2F3N2O4S.C8H8ClNO/c22-11-1-4-18-17(8-11)30(5-6-34-18)20(31)19-16(7-12(23)10-28-19)29-35(32,33)13-2-3-15(24)14(9-13)21(25,26)27;14-6-3-10(11(12(21)22)19-5-6)20-25(23,24)7-1-2-9(15)8(4-7)13(16,17)18;9-6-1-2-8-7(5-6)10-3-4-11-8/h1-4,7-10,29H,5-6H2;1-5,20H,(H,21,22);1-2,5,10H,3-4H2. The number of pyridine rings is 2. The molecular weight excluding hydrogens is 1120 g/mol. The summed E-state index contributed by atoms with van der Waals surface area (Å²) in [6.45, 7) is 1.84. The topological polar surface area (TPSA) is 206 Å². The Morgan fingerprint density at radius 2 is 1.10 bits per heavy atom. The van der Waals surface area contributed by atoms with Crippen molar-refractivity contribution >= 4 is 124 Å². The van der Waals surface area contributed by atoms with Gasteiger partial charge in [0.05, 0.1) is 70.3 Å². The van der Waals surface area contributed by atoms with Gasteiger partial charge in [0, 0.05) is 29.0 Å². The van der Waals surface area contributed by atoms with Crippen LogP contribution >= 0.6 is 69.6 Å². The summed E-state index contributed by atoms with van der Waals surface area (Å²) in [7, 11) is -9.16. The van der Waals surface area contributed by atoms with Crippen molar-refractivity contribution in [2.45, 2.75) is 22.1 Å². The van der Waals surface area contributed by atoms with E-state index in [1.807, 2.05) is 22.9 Å². The number of rotatable bonds is 8. The first-order valence-corrected chi connectivity index (χ1v) is 24.6. The van der Waals surface area contributed by atoms with E-state index in [9.17, 15) is 52.8 Å². The predicted molar refractivity (Wildman–Crippen MR) is 254 cm³/mol. The molecule has 8 rings (SSSR count). The Balaban J connectivity index is 0.000000198. The van der Waals surface area contributed by atoms with Crippen molar-refractivity contribution in [3.05, 3.63) is 150 Å². The van der Waals surface area contributed by atoms with Crippen LogP contribution in [-0.4, -0.2) is 70.1 Å². The van der Waals surface area contributed by atoms with E-state index >= 15 is 0 Å². The van der Waals surface area contributed by atoms with Crippen LogP contribution in [0.25, 0.3) is 0 Å². The van der Waals surface area contributed by atoms with E-state index in [0.717, 1.165) is 78.4 Å². The molecule has 0 aliphatic carbocycles. The number of aromatic nitrogens is 2. The first kappa shape index (κ1) is 54.7. The third-order valence-corrected chi connectivity index (χ3v) is 13.6. The normalized spacial score (nSPS) is 13.3. The third-order valence-electron chi connectivity index (χ3n) is 9.36. The third kappa shape index (κ3) is 13.7. The van der Waals surface area contributed by atoms with Crippen LogP contribution in [0.4, 0.5) is 49.1 Å². The number of hydrogen-bond donors (Lipinski definition) is 4. The van der Waals surface area contributed by atoms with Crippen molar-refractivity contribution in [1.29, 1.82) is 0 Å². The van der Waals surface area contributed by atoms with E-state index in [-0.39, 0.29) is 34.6 Å². The number of sulfonamides is 2. The molecule has 2 aromatic heterocycles. The van der Waals surface area contributed by atoms with Crippen LogP contribution in [0.5, 0.6) is 11.5 Å². The van der Waals surface area contributed by atoms with Crippen LogP contribution in [0.1, 0.15) is 32.1 Å². The highest BCUT2D eigenvalue weighted by Gasteiger charge is 2.36. The van der Waals surface area contributed by atoms with E-state index in [2.05, 4.69) is 20.0 Å². The molecule has 0 spiro atoms. The number of amides is 1. The number of carbonyl (C=O) groups excluding carboxylic acids is 1. The maximum Gasteiger partial charge on any atom is 0.417 e. The maximum atomic E-state index is 13.4. The van der Waals surface area contributed by atoms with Crippen molar-refractivity contribution in [3.8, 4) is 11.5 Å². The Morgan fingerprint density at radius 1 is 0.620 bits per heavy atom. The fraction of sp³-hybridized carbons (Fsp3) is 0.143. The van der Waals surface area contributed by atoms with Gasteiger partial charge in [-0.1, -0.05) is 69.6 Å². The molecule has 0 radical (unpaired) electrons. The second kappa shape index (κ2) is 22.0. The van der Waals surface area contributed by atoms with Gasteiger partial charge < -0.3 is 19.9 Å². The fourth-order valence-corrected chi connectivity index (χ4v) is 9.47. The molecule has 2 aliphatic heterocycles. The van der Waals surface area contributed by atoms with E-state index in [4.69, 9.17) is 84.2 Å². The van der Waals surface area contributed by atoms with Gasteiger partial charge in [0.2, 0.25) is 0 Å². The Bertz CT molecular complexity index is 3270. The Morgan fingerprint density at radius 3 is 1.62 bits per heavy atom. The highest BCUT2D eigenvalue weighted by molar-refractivity contribution is 7.93. The van der Waals surface area contributed by atoms with Crippen LogP contribution in [0.3, 0.4) is 0 Å². The molecule has 0 bridgehead atoms. The molecule has 29 heteroatoms. The molecule has 0 unspecified atom stereocenters. The van der Waals surface area contributed by atoms with Gasteiger partial charge in [0.1, 0.15) is 24.7 Å². The number of aromatic carboxylic acids is 1. The van der Waals surface area contributed by atoms with Gasteiger partial charge in [-0.15, -0.1) is 0 Å². The molecule has 0 saturated carbocycles.